The number of rotatable bonds is 5. The Kier molecular flexibility index (Phi) is 4.77. The number of hydrogen-bond acceptors (Lipinski definition) is 4. The standard InChI is InChI=1S/C14H17FN2O2S2/c1-9-3-4-11(7-13(9)15)10(2)17-21(18,19)14-6-5-12(8-16)20-14/h3-7,10,17H,8,16H2,1-2H3. The SMILES string of the molecule is Cc1ccc(C(C)NS(=O)(=O)c2ccc(CN)s2)cc1F. The van der Waals surface area contributed by atoms with Crippen LogP contribution in [0.1, 0.15) is 29.0 Å². The molecule has 2 rings (SSSR count). The first-order valence-corrected chi connectivity index (χ1v) is 8.70. The Balaban J connectivity index is 2.21. The zero-order chi connectivity index (χ0) is 15.6. The quantitative estimate of drug-likeness (QED) is 0.886. The predicted octanol–water partition coefficient (Wildman–Crippen LogP) is 2.69. The van der Waals surface area contributed by atoms with Gasteiger partial charge in [0.15, 0.2) is 0 Å². The van der Waals surface area contributed by atoms with E-state index >= 15 is 0 Å². The summed E-state index contributed by atoms with van der Waals surface area (Å²) in [4.78, 5) is 0.796. The topological polar surface area (TPSA) is 72.2 Å². The van der Waals surface area contributed by atoms with Crippen LogP contribution in [0.25, 0.3) is 0 Å². The summed E-state index contributed by atoms with van der Waals surface area (Å²) in [5.74, 6) is -0.347. The average molecular weight is 328 g/mol. The lowest BCUT2D eigenvalue weighted by atomic mass is 10.1. The van der Waals surface area contributed by atoms with Crippen molar-refractivity contribution in [3.05, 3.63) is 52.2 Å². The largest absolute Gasteiger partial charge is 0.326 e. The molecule has 0 saturated carbocycles. The van der Waals surface area contributed by atoms with E-state index < -0.39 is 16.1 Å². The molecule has 21 heavy (non-hydrogen) atoms. The number of aryl methyl sites for hydroxylation is 1. The van der Waals surface area contributed by atoms with Gasteiger partial charge in [-0.25, -0.2) is 17.5 Å². The molecule has 0 fully saturated rings. The van der Waals surface area contributed by atoms with Gasteiger partial charge in [0.2, 0.25) is 0 Å². The van der Waals surface area contributed by atoms with Gasteiger partial charge in [-0.1, -0.05) is 12.1 Å². The summed E-state index contributed by atoms with van der Waals surface area (Å²) in [6, 6.07) is 7.39. The third kappa shape index (κ3) is 3.68. The average Bonchev–Trinajstić information content (AvgIpc) is 2.91. The maximum atomic E-state index is 13.6. The van der Waals surface area contributed by atoms with Crippen LogP contribution in [0.3, 0.4) is 0 Å². The van der Waals surface area contributed by atoms with Crippen LogP contribution in [0.15, 0.2) is 34.5 Å². The van der Waals surface area contributed by atoms with Gasteiger partial charge in [0, 0.05) is 17.5 Å². The smallest absolute Gasteiger partial charge is 0.250 e. The normalized spacial score (nSPS) is 13.3. The summed E-state index contributed by atoms with van der Waals surface area (Å²) >= 11 is 1.13. The van der Waals surface area contributed by atoms with Crippen molar-refractivity contribution in [3.8, 4) is 0 Å². The van der Waals surface area contributed by atoms with Gasteiger partial charge in [-0.3, -0.25) is 0 Å². The van der Waals surface area contributed by atoms with E-state index in [9.17, 15) is 12.8 Å². The summed E-state index contributed by atoms with van der Waals surface area (Å²) in [6.07, 6.45) is 0. The van der Waals surface area contributed by atoms with Crippen molar-refractivity contribution < 1.29 is 12.8 Å². The minimum atomic E-state index is -3.63. The molecule has 2 aromatic rings. The highest BCUT2D eigenvalue weighted by Crippen LogP contribution is 2.24. The molecule has 0 spiro atoms. The second kappa shape index (κ2) is 6.23. The Labute approximate surface area is 127 Å². The minimum absolute atomic E-state index is 0.211. The first-order chi connectivity index (χ1) is 9.83. The van der Waals surface area contributed by atoms with Crippen LogP contribution in [0, 0.1) is 12.7 Å². The third-order valence-corrected chi connectivity index (χ3v) is 6.27. The fourth-order valence-electron chi connectivity index (χ4n) is 1.85. The summed E-state index contributed by atoms with van der Waals surface area (Å²) in [6.45, 7) is 3.64. The lowest BCUT2D eigenvalue weighted by molar-refractivity contribution is 0.566. The van der Waals surface area contributed by atoms with Crippen molar-refractivity contribution in [1.82, 2.24) is 4.72 Å². The molecule has 4 nitrogen and oxygen atoms in total. The maximum absolute atomic E-state index is 13.6. The predicted molar refractivity (Wildman–Crippen MR) is 82.1 cm³/mol. The molecule has 0 saturated heterocycles. The highest BCUT2D eigenvalue weighted by atomic mass is 32.2. The van der Waals surface area contributed by atoms with Gasteiger partial charge in [0.25, 0.3) is 10.0 Å². The molecule has 0 aliphatic carbocycles. The number of thiophene rings is 1. The molecule has 0 bridgehead atoms. The van der Waals surface area contributed by atoms with E-state index in [-0.39, 0.29) is 10.0 Å². The molecular formula is C14H17FN2O2S2. The molecule has 1 unspecified atom stereocenters. The number of nitrogens with one attached hydrogen (secondary N) is 1. The molecule has 1 atom stereocenters. The summed E-state index contributed by atoms with van der Waals surface area (Å²) < 4.78 is 40.8. The van der Waals surface area contributed by atoms with Crippen LogP contribution in [0.4, 0.5) is 4.39 Å². The fraction of sp³-hybridized carbons (Fsp3) is 0.286. The van der Waals surface area contributed by atoms with Gasteiger partial charge >= 0.3 is 0 Å². The van der Waals surface area contributed by atoms with Crippen molar-refractivity contribution in [2.24, 2.45) is 5.73 Å². The van der Waals surface area contributed by atoms with Crippen LogP contribution in [0.5, 0.6) is 0 Å². The van der Waals surface area contributed by atoms with E-state index in [4.69, 9.17) is 5.73 Å². The van der Waals surface area contributed by atoms with Gasteiger partial charge in [-0.2, -0.15) is 0 Å². The van der Waals surface area contributed by atoms with Gasteiger partial charge in [0.05, 0.1) is 0 Å². The first-order valence-electron chi connectivity index (χ1n) is 6.40. The number of benzene rings is 1. The van der Waals surface area contributed by atoms with Crippen LogP contribution in [0.2, 0.25) is 0 Å². The fourth-order valence-corrected chi connectivity index (χ4v) is 4.33. The zero-order valence-corrected chi connectivity index (χ0v) is 13.4. The van der Waals surface area contributed by atoms with Crippen molar-refractivity contribution in [3.63, 3.8) is 0 Å². The molecule has 3 N–H and O–H groups in total. The van der Waals surface area contributed by atoms with Crippen molar-refractivity contribution in [2.45, 2.75) is 30.6 Å². The Morgan fingerprint density at radius 3 is 2.62 bits per heavy atom. The molecule has 114 valence electrons. The number of nitrogens with two attached hydrogens (primary N) is 1. The second-order valence-corrected chi connectivity index (χ2v) is 7.89. The molecule has 0 aliphatic heterocycles. The van der Waals surface area contributed by atoms with Gasteiger partial charge < -0.3 is 5.73 Å². The van der Waals surface area contributed by atoms with E-state index in [1.54, 1.807) is 32.0 Å². The van der Waals surface area contributed by atoms with E-state index in [0.29, 0.717) is 17.7 Å². The van der Waals surface area contributed by atoms with E-state index in [0.717, 1.165) is 16.2 Å². The highest BCUT2D eigenvalue weighted by molar-refractivity contribution is 7.91. The van der Waals surface area contributed by atoms with E-state index in [1.807, 2.05) is 0 Å². The number of sulfonamides is 1. The van der Waals surface area contributed by atoms with Crippen molar-refractivity contribution >= 4 is 21.4 Å². The first kappa shape index (κ1) is 16.1. The van der Waals surface area contributed by atoms with Crippen molar-refractivity contribution in [1.29, 1.82) is 0 Å². The summed E-state index contributed by atoms with van der Waals surface area (Å²) in [5, 5.41) is 0. The molecule has 0 aliphatic rings. The number of hydrogen-bond donors (Lipinski definition) is 2. The zero-order valence-electron chi connectivity index (χ0n) is 11.8. The van der Waals surface area contributed by atoms with Gasteiger partial charge in [-0.15, -0.1) is 11.3 Å². The molecule has 1 heterocycles. The Morgan fingerprint density at radius 1 is 1.33 bits per heavy atom. The molecule has 0 radical (unpaired) electrons. The van der Waals surface area contributed by atoms with E-state index in [1.165, 1.54) is 12.1 Å². The summed E-state index contributed by atoms with van der Waals surface area (Å²) in [7, 11) is -3.63. The van der Waals surface area contributed by atoms with E-state index in [2.05, 4.69) is 4.72 Å². The van der Waals surface area contributed by atoms with Crippen LogP contribution in [-0.2, 0) is 16.6 Å². The molecule has 1 aromatic heterocycles. The van der Waals surface area contributed by atoms with Gasteiger partial charge in [0.1, 0.15) is 10.0 Å². The minimum Gasteiger partial charge on any atom is -0.326 e. The van der Waals surface area contributed by atoms with Crippen molar-refractivity contribution in [2.75, 3.05) is 0 Å². The Bertz CT molecular complexity index is 741. The van der Waals surface area contributed by atoms with Gasteiger partial charge in [-0.05, 0) is 43.2 Å². The number of halogens is 1. The molecular weight excluding hydrogens is 311 g/mol. The highest BCUT2D eigenvalue weighted by Gasteiger charge is 2.20. The summed E-state index contributed by atoms with van der Waals surface area (Å²) in [5.41, 5.74) is 6.59. The van der Waals surface area contributed by atoms with Crippen LogP contribution < -0.4 is 10.5 Å². The lowest BCUT2D eigenvalue weighted by Gasteiger charge is -2.14. The lowest BCUT2D eigenvalue weighted by Crippen LogP contribution is -2.26. The maximum Gasteiger partial charge on any atom is 0.250 e. The monoisotopic (exact) mass is 328 g/mol. The molecule has 7 heteroatoms. The third-order valence-electron chi connectivity index (χ3n) is 3.13. The van der Waals surface area contributed by atoms with Crippen LogP contribution >= 0.6 is 11.3 Å². The molecule has 0 amide bonds. The Hall–Kier alpha value is -1.28. The van der Waals surface area contributed by atoms with Crippen LogP contribution in [-0.4, -0.2) is 8.42 Å². The molecule has 1 aromatic carbocycles. The second-order valence-electron chi connectivity index (χ2n) is 4.78. The Morgan fingerprint density at radius 2 is 2.05 bits per heavy atom.